The second-order valence-corrected chi connectivity index (χ2v) is 11.7. The summed E-state index contributed by atoms with van der Waals surface area (Å²) in [6.07, 6.45) is 0.587. The van der Waals surface area contributed by atoms with Crippen molar-refractivity contribution in [1.29, 1.82) is 0 Å². The Labute approximate surface area is 187 Å². The van der Waals surface area contributed by atoms with Gasteiger partial charge >= 0.3 is 0 Å². The average molecular weight is 477 g/mol. The third-order valence-corrected chi connectivity index (χ3v) is 8.62. The van der Waals surface area contributed by atoms with Gasteiger partial charge in [-0.1, -0.05) is 26.0 Å². The quantitative estimate of drug-likeness (QED) is 0.682. The van der Waals surface area contributed by atoms with Crippen LogP contribution in [0.25, 0.3) is 0 Å². The van der Waals surface area contributed by atoms with Crippen molar-refractivity contribution >= 4 is 43.2 Å². The van der Waals surface area contributed by atoms with E-state index in [1.165, 1.54) is 10.4 Å². The molecule has 2 aromatic carbocycles. The van der Waals surface area contributed by atoms with Crippen molar-refractivity contribution in [2.24, 2.45) is 10.9 Å². The van der Waals surface area contributed by atoms with E-state index in [-0.39, 0.29) is 22.4 Å². The normalized spacial score (nSPS) is 20.7. The Morgan fingerprint density at radius 3 is 2.38 bits per heavy atom. The Balaban J connectivity index is 1.55. The molecule has 170 valence electrons. The highest BCUT2D eigenvalue weighted by Crippen LogP contribution is 2.26. The molecule has 9 nitrogen and oxygen atoms in total. The van der Waals surface area contributed by atoms with Crippen LogP contribution < -0.4 is 14.3 Å². The van der Waals surface area contributed by atoms with E-state index in [0.717, 1.165) is 0 Å². The second-order valence-electron chi connectivity index (χ2n) is 8.05. The molecule has 1 amide bonds. The molecule has 2 N–H and O–H groups in total. The van der Waals surface area contributed by atoms with Crippen LogP contribution in [0.15, 0.2) is 58.4 Å². The van der Waals surface area contributed by atoms with Gasteiger partial charge < -0.3 is 5.32 Å². The van der Waals surface area contributed by atoms with Crippen molar-refractivity contribution < 1.29 is 21.6 Å². The zero-order chi connectivity index (χ0) is 23.1. The predicted octanol–water partition coefficient (Wildman–Crippen LogP) is 1.93. The Kier molecular flexibility index (Phi) is 5.72. The van der Waals surface area contributed by atoms with Gasteiger partial charge in [0.1, 0.15) is 11.9 Å². The summed E-state index contributed by atoms with van der Waals surface area (Å²) in [6.45, 7) is 4.09. The monoisotopic (exact) mass is 476 g/mol. The number of hydrogen-bond donors (Lipinski definition) is 2. The number of carbonyl (C=O) groups excluding carboxylic acids is 1. The molecule has 1 atom stereocenters. The van der Waals surface area contributed by atoms with E-state index in [1.54, 1.807) is 42.5 Å². The summed E-state index contributed by atoms with van der Waals surface area (Å²) in [7, 11) is -6.98. The Morgan fingerprint density at radius 1 is 1.06 bits per heavy atom. The molecule has 2 aliphatic heterocycles. The van der Waals surface area contributed by atoms with Crippen LogP contribution in [-0.2, 0) is 24.8 Å². The minimum Gasteiger partial charge on any atom is -0.324 e. The number of fused-ring (bicyclic) bond motifs is 1. The molecular weight excluding hydrogens is 452 g/mol. The number of amides is 1. The van der Waals surface area contributed by atoms with Crippen molar-refractivity contribution in [1.82, 2.24) is 4.72 Å². The Morgan fingerprint density at radius 2 is 1.75 bits per heavy atom. The summed E-state index contributed by atoms with van der Waals surface area (Å²) in [5.41, 5.74) is 1.48. The van der Waals surface area contributed by atoms with Gasteiger partial charge in [0, 0.05) is 17.8 Å². The first-order chi connectivity index (χ1) is 15.1. The van der Waals surface area contributed by atoms with Crippen molar-refractivity contribution in [3.05, 3.63) is 54.1 Å². The number of hydrogen-bond acceptors (Lipinski definition) is 6. The summed E-state index contributed by atoms with van der Waals surface area (Å²) in [5.74, 6) is -0.315. The van der Waals surface area contributed by atoms with Crippen LogP contribution in [0.5, 0.6) is 0 Å². The highest BCUT2D eigenvalue weighted by Gasteiger charge is 2.33. The molecule has 11 heteroatoms. The fourth-order valence-electron chi connectivity index (χ4n) is 3.74. The van der Waals surface area contributed by atoms with E-state index in [4.69, 9.17) is 0 Å². The van der Waals surface area contributed by atoms with Crippen LogP contribution in [0.2, 0.25) is 0 Å². The number of benzene rings is 2. The maximum absolute atomic E-state index is 13.0. The van der Waals surface area contributed by atoms with Crippen molar-refractivity contribution in [3.8, 4) is 0 Å². The highest BCUT2D eigenvalue weighted by molar-refractivity contribution is 7.93. The standard InChI is InChI=1S/C21H24N4O5S2/c1-14(2)19(23-20-17-6-3-4-7-18(17)32(29,30)24-20)21(26)22-15-8-10-16(11-9-15)25-12-5-13-31(25,27)28/h3-4,6-11,14,19H,5,12-13H2,1-2H3,(H,22,26)(H,23,24)/t19-/m0/s1. The lowest BCUT2D eigenvalue weighted by atomic mass is 10.0. The highest BCUT2D eigenvalue weighted by atomic mass is 32.2. The molecule has 4 rings (SSSR count). The fraction of sp³-hybridized carbons (Fsp3) is 0.333. The Bertz CT molecular complexity index is 1290. The van der Waals surface area contributed by atoms with Gasteiger partial charge in [-0.05, 0) is 48.7 Å². The van der Waals surface area contributed by atoms with Gasteiger partial charge in [0.25, 0.3) is 10.0 Å². The lowest BCUT2D eigenvalue weighted by molar-refractivity contribution is -0.118. The lowest BCUT2D eigenvalue weighted by Gasteiger charge is -2.19. The molecule has 0 saturated carbocycles. The molecule has 2 heterocycles. The van der Waals surface area contributed by atoms with Crippen molar-refractivity contribution in [2.45, 2.75) is 31.2 Å². The zero-order valence-corrected chi connectivity index (χ0v) is 19.3. The third kappa shape index (κ3) is 4.22. The van der Waals surface area contributed by atoms with Gasteiger partial charge in [-0.15, -0.1) is 0 Å². The second kappa shape index (κ2) is 8.21. The number of sulfonamides is 2. The minimum atomic E-state index is -3.70. The van der Waals surface area contributed by atoms with Crippen LogP contribution in [0.1, 0.15) is 25.8 Å². The summed E-state index contributed by atoms with van der Waals surface area (Å²) in [4.78, 5) is 17.5. The zero-order valence-electron chi connectivity index (χ0n) is 17.6. The molecule has 0 radical (unpaired) electrons. The molecule has 0 unspecified atom stereocenters. The summed E-state index contributed by atoms with van der Waals surface area (Å²) >= 11 is 0. The first-order valence-corrected chi connectivity index (χ1v) is 13.3. The first-order valence-electron chi connectivity index (χ1n) is 10.2. The van der Waals surface area contributed by atoms with E-state index >= 15 is 0 Å². The summed E-state index contributed by atoms with van der Waals surface area (Å²) < 4.78 is 52.6. The van der Waals surface area contributed by atoms with E-state index in [0.29, 0.717) is 29.9 Å². The van der Waals surface area contributed by atoms with Gasteiger partial charge in [0.05, 0.1) is 16.3 Å². The summed E-state index contributed by atoms with van der Waals surface area (Å²) in [5, 5.41) is 2.79. The molecule has 2 aromatic rings. The van der Waals surface area contributed by atoms with Crippen LogP contribution in [0.4, 0.5) is 11.4 Å². The number of nitrogens with one attached hydrogen (secondary N) is 2. The lowest BCUT2D eigenvalue weighted by Crippen LogP contribution is -2.34. The molecule has 0 aromatic heterocycles. The smallest absolute Gasteiger partial charge is 0.263 e. The number of aliphatic imine (C=N–C) groups is 1. The number of carbonyl (C=O) groups is 1. The third-order valence-electron chi connectivity index (χ3n) is 5.35. The maximum Gasteiger partial charge on any atom is 0.263 e. The SMILES string of the molecule is CC(C)[C@H](N=C1NS(=O)(=O)c2ccccc21)C(=O)Nc1ccc(N2CCCS2(=O)=O)cc1. The van der Waals surface area contributed by atoms with Crippen molar-refractivity contribution in [2.75, 3.05) is 21.9 Å². The van der Waals surface area contributed by atoms with E-state index in [9.17, 15) is 21.6 Å². The van der Waals surface area contributed by atoms with E-state index in [1.807, 2.05) is 13.8 Å². The maximum atomic E-state index is 13.0. The van der Waals surface area contributed by atoms with E-state index in [2.05, 4.69) is 15.0 Å². The van der Waals surface area contributed by atoms with Crippen LogP contribution >= 0.6 is 0 Å². The topological polar surface area (TPSA) is 125 Å². The van der Waals surface area contributed by atoms with Crippen LogP contribution in [-0.4, -0.2) is 46.9 Å². The molecule has 2 aliphatic rings. The average Bonchev–Trinajstić information content (AvgIpc) is 3.22. The number of nitrogens with zero attached hydrogens (tertiary/aromatic N) is 2. The first kappa shape index (κ1) is 22.3. The fourth-order valence-corrected chi connectivity index (χ4v) is 6.54. The van der Waals surface area contributed by atoms with Crippen LogP contribution in [0, 0.1) is 5.92 Å². The number of rotatable bonds is 5. The summed E-state index contributed by atoms with van der Waals surface area (Å²) in [6, 6.07) is 12.2. The molecule has 1 saturated heterocycles. The number of anilines is 2. The van der Waals surface area contributed by atoms with E-state index < -0.39 is 32.0 Å². The molecule has 0 spiro atoms. The molecular formula is C21H24N4O5S2. The predicted molar refractivity (Wildman–Crippen MR) is 123 cm³/mol. The molecule has 32 heavy (non-hydrogen) atoms. The molecule has 0 aliphatic carbocycles. The van der Waals surface area contributed by atoms with Gasteiger partial charge in [-0.2, -0.15) is 0 Å². The number of amidine groups is 1. The largest absolute Gasteiger partial charge is 0.324 e. The van der Waals surface area contributed by atoms with Crippen molar-refractivity contribution in [3.63, 3.8) is 0 Å². The molecule has 1 fully saturated rings. The van der Waals surface area contributed by atoms with Gasteiger partial charge in [-0.3, -0.25) is 18.8 Å². The van der Waals surface area contributed by atoms with Gasteiger partial charge in [0.2, 0.25) is 15.9 Å². The minimum absolute atomic E-state index is 0.133. The Hall–Kier alpha value is -2.92. The molecule has 0 bridgehead atoms. The van der Waals surface area contributed by atoms with Crippen LogP contribution in [0.3, 0.4) is 0 Å². The van der Waals surface area contributed by atoms with Gasteiger partial charge in [-0.25, -0.2) is 16.8 Å². The van der Waals surface area contributed by atoms with Gasteiger partial charge in [0.15, 0.2) is 0 Å².